The molecule has 1 aromatic carbocycles. The smallest absolute Gasteiger partial charge is 0.240 e. The zero-order valence-corrected chi connectivity index (χ0v) is 13.5. The van der Waals surface area contributed by atoms with Crippen LogP contribution in [0.3, 0.4) is 0 Å². The molecule has 5 nitrogen and oxygen atoms in total. The minimum absolute atomic E-state index is 0.0393. The zero-order chi connectivity index (χ0) is 15.5. The molecule has 0 aliphatic carbocycles. The fourth-order valence-corrected chi connectivity index (χ4v) is 4.02. The largest absolute Gasteiger partial charge is 0.392 e. The van der Waals surface area contributed by atoms with Crippen LogP contribution in [-0.4, -0.2) is 44.1 Å². The van der Waals surface area contributed by atoms with Crippen molar-refractivity contribution in [2.45, 2.75) is 44.2 Å². The number of rotatable bonds is 5. The summed E-state index contributed by atoms with van der Waals surface area (Å²) >= 11 is 0. The first-order chi connectivity index (χ1) is 9.96. The van der Waals surface area contributed by atoms with Crippen LogP contribution in [0.5, 0.6) is 0 Å². The molecule has 118 valence electrons. The van der Waals surface area contributed by atoms with E-state index in [4.69, 9.17) is 0 Å². The van der Waals surface area contributed by atoms with Gasteiger partial charge in [-0.15, -0.1) is 0 Å². The number of hydrogen-bond acceptors (Lipinski definition) is 4. The number of aryl methyl sites for hydroxylation is 1. The van der Waals surface area contributed by atoms with Crippen LogP contribution < -0.4 is 4.72 Å². The first-order valence-electron chi connectivity index (χ1n) is 7.41. The topological polar surface area (TPSA) is 69.6 Å². The molecule has 0 aromatic heterocycles. The van der Waals surface area contributed by atoms with Gasteiger partial charge in [-0.3, -0.25) is 0 Å². The number of sulfonamides is 1. The van der Waals surface area contributed by atoms with Crippen molar-refractivity contribution in [2.24, 2.45) is 0 Å². The molecular formula is C15H24N2O3S. The van der Waals surface area contributed by atoms with Crippen LogP contribution in [-0.2, 0) is 16.6 Å². The monoisotopic (exact) mass is 312 g/mol. The average molecular weight is 312 g/mol. The summed E-state index contributed by atoms with van der Waals surface area (Å²) in [6.07, 6.45) is 1.88. The summed E-state index contributed by atoms with van der Waals surface area (Å²) in [5.41, 5.74) is 1.54. The lowest BCUT2D eigenvalue weighted by Gasteiger charge is -2.32. The molecule has 2 rings (SSSR count). The minimum atomic E-state index is -3.53. The van der Waals surface area contributed by atoms with E-state index in [-0.39, 0.29) is 17.5 Å². The van der Waals surface area contributed by atoms with Gasteiger partial charge in [-0.05, 0) is 56.1 Å². The lowest BCUT2D eigenvalue weighted by molar-refractivity contribution is 0.211. The average Bonchev–Trinajstić information content (AvgIpc) is 2.47. The maximum Gasteiger partial charge on any atom is 0.240 e. The van der Waals surface area contributed by atoms with Crippen molar-refractivity contribution in [1.29, 1.82) is 0 Å². The first-order valence-corrected chi connectivity index (χ1v) is 8.89. The number of aliphatic hydroxyl groups excluding tert-OH is 1. The molecule has 1 unspecified atom stereocenters. The van der Waals surface area contributed by atoms with Crippen molar-refractivity contribution in [2.75, 3.05) is 19.6 Å². The number of hydrogen-bond donors (Lipinski definition) is 2. The van der Waals surface area contributed by atoms with Gasteiger partial charge in [0, 0.05) is 12.6 Å². The van der Waals surface area contributed by atoms with E-state index < -0.39 is 10.0 Å². The Labute approximate surface area is 127 Å². The maximum absolute atomic E-state index is 12.5. The third-order valence-electron chi connectivity index (χ3n) is 4.08. The molecule has 0 saturated carbocycles. The van der Waals surface area contributed by atoms with E-state index in [1.165, 1.54) is 0 Å². The summed E-state index contributed by atoms with van der Waals surface area (Å²) in [4.78, 5) is 2.48. The van der Waals surface area contributed by atoms with Gasteiger partial charge in [0.25, 0.3) is 0 Å². The Morgan fingerprint density at radius 1 is 1.43 bits per heavy atom. The lowest BCUT2D eigenvalue weighted by atomic mass is 10.1. The third-order valence-corrected chi connectivity index (χ3v) is 5.59. The van der Waals surface area contributed by atoms with Crippen molar-refractivity contribution in [3.05, 3.63) is 29.3 Å². The lowest BCUT2D eigenvalue weighted by Crippen LogP contribution is -2.47. The third kappa shape index (κ3) is 4.03. The standard InChI is InChI=1S/C15H24N2O3S/c1-3-17-8-4-5-14(10-17)16-21(19,20)15-7-6-12(2)13(9-15)11-18/h6-7,9,14,16,18H,3-5,8,10-11H2,1-2H3. The fraction of sp³-hybridized carbons (Fsp3) is 0.600. The molecule has 21 heavy (non-hydrogen) atoms. The van der Waals surface area contributed by atoms with Crippen LogP contribution in [0.25, 0.3) is 0 Å². The highest BCUT2D eigenvalue weighted by Crippen LogP contribution is 2.18. The number of piperidine rings is 1. The van der Waals surface area contributed by atoms with Crippen molar-refractivity contribution in [3.8, 4) is 0 Å². The number of nitrogens with one attached hydrogen (secondary N) is 1. The molecule has 1 aliphatic heterocycles. The molecule has 1 fully saturated rings. The molecule has 6 heteroatoms. The molecule has 1 aromatic rings. The Hall–Kier alpha value is -0.950. The van der Waals surface area contributed by atoms with Crippen LogP contribution in [0.15, 0.2) is 23.1 Å². The summed E-state index contributed by atoms with van der Waals surface area (Å²) in [6.45, 7) is 6.53. The molecule has 0 amide bonds. The second kappa shape index (κ2) is 6.87. The van der Waals surface area contributed by atoms with E-state index in [2.05, 4.69) is 16.5 Å². The van der Waals surface area contributed by atoms with Crippen molar-refractivity contribution >= 4 is 10.0 Å². The Bertz CT molecular complexity index is 587. The van der Waals surface area contributed by atoms with Gasteiger partial charge in [0.1, 0.15) is 0 Å². The van der Waals surface area contributed by atoms with Crippen LogP contribution >= 0.6 is 0 Å². The molecule has 0 spiro atoms. The summed E-state index contributed by atoms with van der Waals surface area (Å²) in [7, 11) is -3.53. The molecule has 2 N–H and O–H groups in total. The van der Waals surface area contributed by atoms with Gasteiger partial charge < -0.3 is 10.0 Å². The Balaban J connectivity index is 2.14. The molecule has 1 heterocycles. The summed E-state index contributed by atoms with van der Waals surface area (Å²) < 4.78 is 27.7. The summed E-state index contributed by atoms with van der Waals surface area (Å²) in [5, 5.41) is 9.27. The van der Waals surface area contributed by atoms with Crippen LogP contribution in [0, 0.1) is 6.92 Å². The second-order valence-corrected chi connectivity index (χ2v) is 7.31. The number of nitrogens with zero attached hydrogens (tertiary/aromatic N) is 1. The Morgan fingerprint density at radius 3 is 2.86 bits per heavy atom. The number of benzene rings is 1. The van der Waals surface area contributed by atoms with Crippen LogP contribution in [0.2, 0.25) is 0 Å². The van der Waals surface area contributed by atoms with E-state index >= 15 is 0 Å². The van der Waals surface area contributed by atoms with Gasteiger partial charge >= 0.3 is 0 Å². The molecule has 0 radical (unpaired) electrons. The Kier molecular flexibility index (Phi) is 5.37. The van der Waals surface area contributed by atoms with Crippen molar-refractivity contribution in [3.63, 3.8) is 0 Å². The van der Waals surface area contributed by atoms with Gasteiger partial charge in [0.05, 0.1) is 11.5 Å². The zero-order valence-electron chi connectivity index (χ0n) is 12.7. The van der Waals surface area contributed by atoms with Crippen LogP contribution in [0.1, 0.15) is 30.9 Å². The van der Waals surface area contributed by atoms with Gasteiger partial charge in [0.15, 0.2) is 0 Å². The molecule has 1 aliphatic rings. The second-order valence-electron chi connectivity index (χ2n) is 5.60. The van der Waals surface area contributed by atoms with E-state index in [0.717, 1.165) is 38.0 Å². The van der Waals surface area contributed by atoms with Gasteiger partial charge in [0.2, 0.25) is 10.0 Å². The van der Waals surface area contributed by atoms with E-state index in [1.807, 2.05) is 6.92 Å². The molecule has 1 saturated heterocycles. The van der Waals surface area contributed by atoms with Gasteiger partial charge in [-0.2, -0.15) is 0 Å². The maximum atomic E-state index is 12.5. The van der Waals surface area contributed by atoms with Crippen molar-refractivity contribution < 1.29 is 13.5 Å². The molecular weight excluding hydrogens is 288 g/mol. The summed E-state index contributed by atoms with van der Waals surface area (Å²) in [5.74, 6) is 0. The Morgan fingerprint density at radius 2 is 2.19 bits per heavy atom. The van der Waals surface area contributed by atoms with E-state index in [9.17, 15) is 13.5 Å². The van der Waals surface area contributed by atoms with Gasteiger partial charge in [-0.1, -0.05) is 13.0 Å². The molecule has 1 atom stereocenters. The van der Waals surface area contributed by atoms with Crippen molar-refractivity contribution in [1.82, 2.24) is 9.62 Å². The van der Waals surface area contributed by atoms with Crippen LogP contribution in [0.4, 0.5) is 0 Å². The highest BCUT2D eigenvalue weighted by molar-refractivity contribution is 7.89. The normalized spacial score (nSPS) is 20.6. The first kappa shape index (κ1) is 16.4. The predicted molar refractivity (Wildman–Crippen MR) is 82.6 cm³/mol. The predicted octanol–water partition coefficient (Wildman–Crippen LogP) is 1.25. The highest BCUT2D eigenvalue weighted by atomic mass is 32.2. The quantitative estimate of drug-likeness (QED) is 0.858. The summed E-state index contributed by atoms with van der Waals surface area (Å²) in [6, 6.07) is 4.84. The van der Waals surface area contributed by atoms with E-state index in [1.54, 1.807) is 18.2 Å². The number of likely N-dealkylation sites (tertiary alicyclic amines) is 1. The number of aliphatic hydroxyl groups is 1. The van der Waals surface area contributed by atoms with E-state index in [0.29, 0.717) is 5.56 Å². The minimum Gasteiger partial charge on any atom is -0.392 e. The highest BCUT2D eigenvalue weighted by Gasteiger charge is 2.24. The fourth-order valence-electron chi connectivity index (χ4n) is 2.71. The molecule has 0 bridgehead atoms. The SMILES string of the molecule is CCN1CCCC(NS(=O)(=O)c2ccc(C)c(CO)c2)C1. The van der Waals surface area contributed by atoms with Gasteiger partial charge in [-0.25, -0.2) is 13.1 Å². The number of likely N-dealkylation sites (N-methyl/N-ethyl adjacent to an activating group) is 1.